The van der Waals surface area contributed by atoms with Gasteiger partial charge in [-0.3, -0.25) is 4.90 Å². The molecule has 0 aliphatic carbocycles. The fourth-order valence-electron chi connectivity index (χ4n) is 3.74. The van der Waals surface area contributed by atoms with E-state index in [4.69, 9.17) is 0 Å². The highest BCUT2D eigenvalue weighted by atomic mass is 16.3. The summed E-state index contributed by atoms with van der Waals surface area (Å²) < 4.78 is 0. The van der Waals surface area contributed by atoms with Gasteiger partial charge >= 0.3 is 0 Å². The highest BCUT2D eigenvalue weighted by molar-refractivity contribution is 5.27. The van der Waals surface area contributed by atoms with Crippen molar-refractivity contribution in [3.8, 4) is 5.75 Å². The Morgan fingerprint density at radius 3 is 2.57 bits per heavy atom. The molecule has 0 unspecified atom stereocenters. The number of phenols is 1. The maximum Gasteiger partial charge on any atom is 0.115 e. The maximum atomic E-state index is 10.9. The van der Waals surface area contributed by atoms with Crippen LogP contribution in [0.25, 0.3) is 0 Å². The molecule has 2 fully saturated rings. The van der Waals surface area contributed by atoms with Gasteiger partial charge < -0.3 is 15.1 Å². The van der Waals surface area contributed by atoms with E-state index in [-0.39, 0.29) is 0 Å². The van der Waals surface area contributed by atoms with E-state index in [0.717, 1.165) is 57.7 Å². The molecule has 116 valence electrons. The second kappa shape index (κ2) is 6.34. The lowest BCUT2D eigenvalue weighted by Crippen LogP contribution is -2.53. The summed E-state index contributed by atoms with van der Waals surface area (Å²) in [6, 6.07) is 7.43. The normalized spacial score (nSPS) is 28.0. The summed E-state index contributed by atoms with van der Waals surface area (Å²) in [5.74, 6) is 0.317. The SMILES string of the molecule is Oc1cccc(CN2CCC[C@](O)(CN3CCCC3)C2)c1. The first-order valence-corrected chi connectivity index (χ1v) is 8.08. The number of β-amino-alcohol motifs (C(OH)–C–C–N with tert-alkyl or cyclic N) is 1. The predicted octanol–water partition coefficient (Wildman–Crippen LogP) is 1.81. The van der Waals surface area contributed by atoms with Crippen LogP contribution in [-0.2, 0) is 6.54 Å². The average Bonchev–Trinajstić information content (AvgIpc) is 2.91. The molecule has 1 atom stereocenters. The van der Waals surface area contributed by atoms with E-state index < -0.39 is 5.60 Å². The molecular formula is C17H26N2O2. The zero-order valence-corrected chi connectivity index (χ0v) is 12.7. The van der Waals surface area contributed by atoms with Gasteiger partial charge in [0.25, 0.3) is 0 Å². The fourth-order valence-corrected chi connectivity index (χ4v) is 3.74. The van der Waals surface area contributed by atoms with E-state index in [0.29, 0.717) is 5.75 Å². The maximum absolute atomic E-state index is 10.9. The number of aromatic hydroxyl groups is 1. The minimum Gasteiger partial charge on any atom is -0.508 e. The van der Waals surface area contributed by atoms with Crippen LogP contribution in [0.1, 0.15) is 31.2 Å². The lowest BCUT2D eigenvalue weighted by atomic mass is 9.92. The monoisotopic (exact) mass is 290 g/mol. The van der Waals surface area contributed by atoms with Gasteiger partial charge in [0.1, 0.15) is 5.75 Å². The van der Waals surface area contributed by atoms with Gasteiger partial charge in [-0.2, -0.15) is 0 Å². The van der Waals surface area contributed by atoms with Crippen molar-refractivity contribution in [2.45, 2.75) is 37.8 Å². The molecule has 2 saturated heterocycles. The molecule has 1 aromatic rings. The fraction of sp³-hybridized carbons (Fsp3) is 0.647. The van der Waals surface area contributed by atoms with Crippen LogP contribution in [0.3, 0.4) is 0 Å². The van der Waals surface area contributed by atoms with E-state index in [1.807, 2.05) is 18.2 Å². The van der Waals surface area contributed by atoms with Crippen molar-refractivity contribution >= 4 is 0 Å². The van der Waals surface area contributed by atoms with Crippen molar-refractivity contribution in [3.05, 3.63) is 29.8 Å². The number of phenolic OH excluding ortho intramolecular Hbond substituents is 1. The van der Waals surface area contributed by atoms with E-state index in [9.17, 15) is 10.2 Å². The summed E-state index contributed by atoms with van der Waals surface area (Å²) in [5, 5.41) is 20.5. The van der Waals surface area contributed by atoms with E-state index in [2.05, 4.69) is 9.80 Å². The van der Waals surface area contributed by atoms with Crippen LogP contribution in [-0.4, -0.2) is 58.3 Å². The Morgan fingerprint density at radius 1 is 1.05 bits per heavy atom. The van der Waals surface area contributed by atoms with E-state index in [1.54, 1.807) is 6.07 Å². The molecule has 3 rings (SSSR count). The van der Waals surface area contributed by atoms with Crippen LogP contribution in [0.2, 0.25) is 0 Å². The third-order valence-electron chi connectivity index (χ3n) is 4.67. The number of benzene rings is 1. The predicted molar refractivity (Wildman–Crippen MR) is 83.2 cm³/mol. The minimum atomic E-state index is -0.570. The third-order valence-corrected chi connectivity index (χ3v) is 4.67. The van der Waals surface area contributed by atoms with E-state index >= 15 is 0 Å². The molecule has 2 aliphatic rings. The standard InChI is InChI=1S/C17H26N2O2/c20-16-6-3-5-15(11-16)12-19-10-4-7-17(21,14-19)13-18-8-1-2-9-18/h3,5-6,11,20-21H,1-2,4,7-10,12-14H2/t17-/m0/s1. The summed E-state index contributed by atoms with van der Waals surface area (Å²) in [5.41, 5.74) is 0.541. The first-order chi connectivity index (χ1) is 10.1. The summed E-state index contributed by atoms with van der Waals surface area (Å²) in [6.07, 6.45) is 4.48. The number of hydrogen-bond acceptors (Lipinski definition) is 4. The molecule has 2 aliphatic heterocycles. The van der Waals surface area contributed by atoms with Crippen molar-refractivity contribution in [3.63, 3.8) is 0 Å². The van der Waals surface area contributed by atoms with Gasteiger partial charge in [-0.25, -0.2) is 0 Å². The van der Waals surface area contributed by atoms with Crippen molar-refractivity contribution in [1.82, 2.24) is 9.80 Å². The molecule has 0 aromatic heterocycles. The summed E-state index contributed by atoms with van der Waals surface area (Å²) in [7, 11) is 0. The Labute approximate surface area is 127 Å². The van der Waals surface area contributed by atoms with Gasteiger partial charge in [-0.1, -0.05) is 12.1 Å². The molecule has 0 saturated carbocycles. The lowest BCUT2D eigenvalue weighted by molar-refractivity contribution is -0.0519. The Morgan fingerprint density at radius 2 is 1.81 bits per heavy atom. The number of likely N-dealkylation sites (tertiary alicyclic amines) is 2. The number of piperidine rings is 1. The van der Waals surface area contributed by atoms with Crippen molar-refractivity contribution < 1.29 is 10.2 Å². The lowest BCUT2D eigenvalue weighted by Gasteiger charge is -2.41. The summed E-state index contributed by atoms with van der Waals surface area (Å²) >= 11 is 0. The Kier molecular flexibility index (Phi) is 4.48. The second-order valence-corrected chi connectivity index (χ2v) is 6.69. The zero-order valence-electron chi connectivity index (χ0n) is 12.7. The van der Waals surface area contributed by atoms with Gasteiger partial charge in [0.15, 0.2) is 0 Å². The van der Waals surface area contributed by atoms with Gasteiger partial charge in [0.2, 0.25) is 0 Å². The molecule has 0 radical (unpaired) electrons. The average molecular weight is 290 g/mol. The third kappa shape index (κ3) is 3.96. The topological polar surface area (TPSA) is 46.9 Å². The largest absolute Gasteiger partial charge is 0.508 e. The Hall–Kier alpha value is -1.10. The minimum absolute atomic E-state index is 0.317. The van der Waals surface area contributed by atoms with Gasteiger partial charge in [0.05, 0.1) is 5.60 Å². The van der Waals surface area contributed by atoms with Crippen LogP contribution in [0, 0.1) is 0 Å². The van der Waals surface area contributed by atoms with Gasteiger partial charge in [-0.05, 0) is 63.0 Å². The number of hydrogen-bond donors (Lipinski definition) is 2. The molecule has 2 heterocycles. The van der Waals surface area contributed by atoms with Crippen molar-refractivity contribution in [2.24, 2.45) is 0 Å². The molecule has 0 spiro atoms. The van der Waals surface area contributed by atoms with Crippen LogP contribution in [0.15, 0.2) is 24.3 Å². The number of aliphatic hydroxyl groups is 1. The highest BCUT2D eigenvalue weighted by Crippen LogP contribution is 2.25. The van der Waals surface area contributed by atoms with Gasteiger partial charge in [0, 0.05) is 19.6 Å². The van der Waals surface area contributed by atoms with Crippen LogP contribution < -0.4 is 0 Å². The Bertz CT molecular complexity index is 474. The van der Waals surface area contributed by atoms with Gasteiger partial charge in [-0.15, -0.1) is 0 Å². The molecule has 1 aromatic carbocycles. The molecule has 4 nitrogen and oxygen atoms in total. The first kappa shape index (κ1) is 14.8. The number of rotatable bonds is 4. The zero-order chi connectivity index (χ0) is 14.7. The second-order valence-electron chi connectivity index (χ2n) is 6.69. The Balaban J connectivity index is 1.59. The molecule has 0 amide bonds. The van der Waals surface area contributed by atoms with Crippen LogP contribution >= 0.6 is 0 Å². The molecule has 4 heteroatoms. The summed E-state index contributed by atoms with van der Waals surface area (Å²) in [6.45, 7) is 5.64. The van der Waals surface area contributed by atoms with Crippen LogP contribution in [0.5, 0.6) is 5.75 Å². The van der Waals surface area contributed by atoms with Crippen LogP contribution in [0.4, 0.5) is 0 Å². The summed E-state index contributed by atoms with van der Waals surface area (Å²) in [4.78, 5) is 4.71. The number of nitrogens with zero attached hydrogens (tertiary/aromatic N) is 2. The van der Waals surface area contributed by atoms with E-state index in [1.165, 1.54) is 12.8 Å². The molecule has 0 bridgehead atoms. The smallest absolute Gasteiger partial charge is 0.115 e. The molecule has 2 N–H and O–H groups in total. The molecule has 21 heavy (non-hydrogen) atoms. The highest BCUT2D eigenvalue weighted by Gasteiger charge is 2.35. The van der Waals surface area contributed by atoms with Crippen molar-refractivity contribution in [2.75, 3.05) is 32.7 Å². The van der Waals surface area contributed by atoms with Crippen molar-refractivity contribution in [1.29, 1.82) is 0 Å². The first-order valence-electron chi connectivity index (χ1n) is 8.08. The quantitative estimate of drug-likeness (QED) is 0.888. The molecular weight excluding hydrogens is 264 g/mol.